The second kappa shape index (κ2) is 7.40. The number of nitrogens with one attached hydrogen (secondary N) is 1. The van der Waals surface area contributed by atoms with Gasteiger partial charge in [-0.15, -0.1) is 0 Å². The number of pyridine rings is 1. The van der Waals surface area contributed by atoms with Gasteiger partial charge in [0.2, 0.25) is 0 Å². The van der Waals surface area contributed by atoms with E-state index < -0.39 is 0 Å². The SMILES string of the molecule is CCOC(=O)CNCc1cc(Br)cc(CC)n1. The fourth-order valence-corrected chi connectivity index (χ4v) is 1.91. The van der Waals surface area contributed by atoms with E-state index in [-0.39, 0.29) is 12.5 Å². The number of rotatable bonds is 6. The van der Waals surface area contributed by atoms with Gasteiger partial charge >= 0.3 is 5.97 Å². The predicted molar refractivity (Wildman–Crippen MR) is 69.7 cm³/mol. The lowest BCUT2D eigenvalue weighted by molar-refractivity contribution is -0.142. The maximum atomic E-state index is 11.1. The van der Waals surface area contributed by atoms with Crippen molar-refractivity contribution in [3.63, 3.8) is 0 Å². The molecule has 0 fully saturated rings. The van der Waals surface area contributed by atoms with Crippen LogP contribution in [0.2, 0.25) is 0 Å². The molecule has 0 saturated heterocycles. The number of hydrogen-bond donors (Lipinski definition) is 1. The van der Waals surface area contributed by atoms with Gasteiger partial charge in [0.05, 0.1) is 18.8 Å². The first-order valence-electron chi connectivity index (χ1n) is 5.67. The Morgan fingerprint density at radius 2 is 2.12 bits per heavy atom. The summed E-state index contributed by atoms with van der Waals surface area (Å²) in [6.07, 6.45) is 0.893. The quantitative estimate of drug-likeness (QED) is 0.817. The average Bonchev–Trinajstić information content (AvgIpc) is 2.28. The summed E-state index contributed by atoms with van der Waals surface area (Å²) in [6, 6.07) is 3.94. The molecule has 1 heterocycles. The number of esters is 1. The molecule has 0 aliphatic rings. The van der Waals surface area contributed by atoms with Gasteiger partial charge in [-0.05, 0) is 25.5 Å². The first-order valence-corrected chi connectivity index (χ1v) is 6.46. The Labute approximate surface area is 110 Å². The van der Waals surface area contributed by atoms with Crippen LogP contribution < -0.4 is 5.32 Å². The zero-order valence-corrected chi connectivity index (χ0v) is 11.7. The van der Waals surface area contributed by atoms with E-state index in [4.69, 9.17) is 4.74 Å². The Morgan fingerprint density at radius 3 is 2.76 bits per heavy atom. The summed E-state index contributed by atoms with van der Waals surface area (Å²) in [4.78, 5) is 15.6. The molecule has 5 heteroatoms. The molecule has 0 radical (unpaired) electrons. The van der Waals surface area contributed by atoms with Crippen molar-refractivity contribution in [3.8, 4) is 0 Å². The van der Waals surface area contributed by atoms with E-state index in [9.17, 15) is 4.79 Å². The van der Waals surface area contributed by atoms with Gasteiger partial charge in [-0.25, -0.2) is 0 Å². The van der Waals surface area contributed by atoms with Crippen LogP contribution in [0.3, 0.4) is 0 Å². The molecule has 0 aliphatic heterocycles. The molecule has 94 valence electrons. The first kappa shape index (κ1) is 14.1. The molecule has 0 aromatic carbocycles. The van der Waals surface area contributed by atoms with E-state index in [0.717, 1.165) is 22.3 Å². The van der Waals surface area contributed by atoms with Gasteiger partial charge in [0, 0.05) is 16.7 Å². The Balaban J connectivity index is 2.46. The van der Waals surface area contributed by atoms with Gasteiger partial charge in [0.25, 0.3) is 0 Å². The van der Waals surface area contributed by atoms with Crippen molar-refractivity contribution in [2.24, 2.45) is 0 Å². The molecule has 1 aromatic rings. The van der Waals surface area contributed by atoms with Crippen LogP contribution in [0.25, 0.3) is 0 Å². The second-order valence-electron chi connectivity index (χ2n) is 3.53. The highest BCUT2D eigenvalue weighted by atomic mass is 79.9. The van der Waals surface area contributed by atoms with Crippen molar-refractivity contribution in [2.75, 3.05) is 13.2 Å². The third-order valence-corrected chi connectivity index (χ3v) is 2.60. The lowest BCUT2D eigenvalue weighted by atomic mass is 10.2. The molecule has 4 nitrogen and oxygen atoms in total. The number of halogens is 1. The number of carbonyl (C=O) groups is 1. The standard InChI is InChI=1S/C12H17BrN2O2/c1-3-10-5-9(13)6-11(15-10)7-14-8-12(16)17-4-2/h5-6,14H,3-4,7-8H2,1-2H3. The summed E-state index contributed by atoms with van der Waals surface area (Å²) in [6.45, 7) is 5.04. The largest absolute Gasteiger partial charge is 0.465 e. The molecule has 1 aromatic heterocycles. The van der Waals surface area contributed by atoms with Crippen LogP contribution in [-0.4, -0.2) is 24.1 Å². The molecule has 1 rings (SSSR count). The van der Waals surface area contributed by atoms with Gasteiger partial charge in [0.1, 0.15) is 0 Å². The molecular formula is C12H17BrN2O2. The second-order valence-corrected chi connectivity index (χ2v) is 4.45. The van der Waals surface area contributed by atoms with Crippen LogP contribution in [0.5, 0.6) is 0 Å². The molecule has 17 heavy (non-hydrogen) atoms. The van der Waals surface area contributed by atoms with E-state index in [1.54, 1.807) is 6.92 Å². The zero-order valence-electron chi connectivity index (χ0n) is 10.1. The molecule has 0 unspecified atom stereocenters. The highest BCUT2D eigenvalue weighted by Gasteiger charge is 2.03. The van der Waals surface area contributed by atoms with Crippen LogP contribution in [-0.2, 0) is 22.5 Å². The monoisotopic (exact) mass is 300 g/mol. The minimum atomic E-state index is -0.238. The van der Waals surface area contributed by atoms with Crippen molar-refractivity contribution >= 4 is 21.9 Å². The summed E-state index contributed by atoms with van der Waals surface area (Å²) < 4.78 is 5.83. The number of nitrogens with zero attached hydrogens (tertiary/aromatic N) is 1. The molecule has 0 bridgehead atoms. The predicted octanol–water partition coefficient (Wildman–Crippen LogP) is 2.06. The summed E-state index contributed by atoms with van der Waals surface area (Å²) in [7, 11) is 0. The molecule has 1 N–H and O–H groups in total. The summed E-state index contributed by atoms with van der Waals surface area (Å²) in [5.41, 5.74) is 1.95. The van der Waals surface area contributed by atoms with E-state index in [0.29, 0.717) is 13.2 Å². The molecular weight excluding hydrogens is 284 g/mol. The maximum Gasteiger partial charge on any atom is 0.319 e. The van der Waals surface area contributed by atoms with Crippen LogP contribution >= 0.6 is 15.9 Å². The molecule has 0 spiro atoms. The van der Waals surface area contributed by atoms with Gasteiger partial charge in [0.15, 0.2) is 0 Å². The third-order valence-electron chi connectivity index (χ3n) is 2.14. The summed E-state index contributed by atoms with van der Waals surface area (Å²) >= 11 is 3.44. The number of aromatic nitrogens is 1. The number of aryl methyl sites for hydroxylation is 1. The van der Waals surface area contributed by atoms with Crippen LogP contribution in [0.15, 0.2) is 16.6 Å². The minimum absolute atomic E-state index is 0.212. The van der Waals surface area contributed by atoms with Crippen LogP contribution in [0, 0.1) is 0 Å². The average molecular weight is 301 g/mol. The topological polar surface area (TPSA) is 51.2 Å². The minimum Gasteiger partial charge on any atom is -0.465 e. The van der Waals surface area contributed by atoms with Crippen LogP contribution in [0.1, 0.15) is 25.2 Å². The highest BCUT2D eigenvalue weighted by Crippen LogP contribution is 2.13. The first-order chi connectivity index (χ1) is 8.15. The lowest BCUT2D eigenvalue weighted by Gasteiger charge is -2.06. The Morgan fingerprint density at radius 1 is 1.41 bits per heavy atom. The molecule has 0 amide bonds. The molecule has 0 aliphatic carbocycles. The van der Waals surface area contributed by atoms with Crippen LogP contribution in [0.4, 0.5) is 0 Å². The Hall–Kier alpha value is -0.940. The normalized spacial score (nSPS) is 10.3. The van der Waals surface area contributed by atoms with Gasteiger partial charge < -0.3 is 10.1 Å². The summed E-state index contributed by atoms with van der Waals surface area (Å²) in [5.74, 6) is -0.238. The van der Waals surface area contributed by atoms with Crippen molar-refractivity contribution in [2.45, 2.75) is 26.8 Å². The fourth-order valence-electron chi connectivity index (χ4n) is 1.39. The molecule has 0 atom stereocenters. The van der Waals surface area contributed by atoms with Gasteiger partial charge in [-0.1, -0.05) is 22.9 Å². The highest BCUT2D eigenvalue weighted by molar-refractivity contribution is 9.10. The van der Waals surface area contributed by atoms with E-state index in [1.165, 1.54) is 0 Å². The fraction of sp³-hybridized carbons (Fsp3) is 0.500. The smallest absolute Gasteiger partial charge is 0.319 e. The molecule has 0 saturated carbocycles. The summed E-state index contributed by atoms with van der Waals surface area (Å²) in [5, 5.41) is 3.01. The van der Waals surface area contributed by atoms with Gasteiger partial charge in [-0.2, -0.15) is 0 Å². The maximum absolute atomic E-state index is 11.1. The van der Waals surface area contributed by atoms with Crippen molar-refractivity contribution in [1.82, 2.24) is 10.3 Å². The Kier molecular flexibility index (Phi) is 6.15. The van der Waals surface area contributed by atoms with E-state index >= 15 is 0 Å². The number of hydrogen-bond acceptors (Lipinski definition) is 4. The van der Waals surface area contributed by atoms with Crippen molar-refractivity contribution in [3.05, 3.63) is 28.0 Å². The Bertz CT molecular complexity index is 383. The number of ether oxygens (including phenoxy) is 1. The third kappa shape index (κ3) is 5.28. The number of carbonyl (C=O) groups excluding carboxylic acids is 1. The van der Waals surface area contributed by atoms with E-state index in [1.807, 2.05) is 12.1 Å². The van der Waals surface area contributed by atoms with Crippen molar-refractivity contribution in [1.29, 1.82) is 0 Å². The van der Waals surface area contributed by atoms with E-state index in [2.05, 4.69) is 33.2 Å². The zero-order chi connectivity index (χ0) is 12.7. The van der Waals surface area contributed by atoms with Gasteiger partial charge in [-0.3, -0.25) is 9.78 Å². The van der Waals surface area contributed by atoms with Crippen molar-refractivity contribution < 1.29 is 9.53 Å². The lowest BCUT2D eigenvalue weighted by Crippen LogP contribution is -2.24.